The van der Waals surface area contributed by atoms with Gasteiger partial charge in [0.25, 0.3) is 5.91 Å². The quantitative estimate of drug-likeness (QED) is 0.847. The highest BCUT2D eigenvalue weighted by Gasteiger charge is 2.28. The zero-order valence-electron chi connectivity index (χ0n) is 12.5. The van der Waals surface area contributed by atoms with E-state index in [-0.39, 0.29) is 23.8 Å². The van der Waals surface area contributed by atoms with Crippen LogP contribution in [-0.2, 0) is 4.79 Å². The molecule has 1 aliphatic heterocycles. The lowest BCUT2D eigenvalue weighted by atomic mass is 10.2. The number of aromatic carboxylic acids is 1. The number of aromatic nitrogens is 2. The second-order valence-electron chi connectivity index (χ2n) is 5.55. The molecule has 8 nitrogen and oxygen atoms in total. The van der Waals surface area contributed by atoms with Crippen LogP contribution in [0.25, 0.3) is 0 Å². The molecule has 0 aromatic carbocycles. The maximum atomic E-state index is 12.3. The van der Waals surface area contributed by atoms with Crippen molar-refractivity contribution in [1.82, 2.24) is 19.8 Å². The highest BCUT2D eigenvalue weighted by molar-refractivity contribution is 5.95. The van der Waals surface area contributed by atoms with Crippen molar-refractivity contribution in [2.45, 2.75) is 13.8 Å². The lowest BCUT2D eigenvalue weighted by molar-refractivity contribution is -0.135. The number of carboxylic acid groups (broad SMARTS) is 1. The van der Waals surface area contributed by atoms with Gasteiger partial charge in [-0.05, 0) is 5.92 Å². The Morgan fingerprint density at radius 1 is 1.23 bits per heavy atom. The third kappa shape index (κ3) is 3.57. The Morgan fingerprint density at radius 2 is 1.86 bits per heavy atom. The Labute approximate surface area is 127 Å². The average molecular weight is 306 g/mol. The fraction of sp³-hybridized carbons (Fsp3) is 0.500. The van der Waals surface area contributed by atoms with Crippen LogP contribution < -0.4 is 0 Å². The van der Waals surface area contributed by atoms with E-state index in [1.165, 1.54) is 4.90 Å². The first-order valence-corrected chi connectivity index (χ1v) is 7.01. The number of hydrogen-bond donors (Lipinski definition) is 1. The lowest BCUT2D eigenvalue weighted by Gasteiger charge is -2.35. The Balaban J connectivity index is 2.02. The minimum Gasteiger partial charge on any atom is -0.476 e. The van der Waals surface area contributed by atoms with E-state index < -0.39 is 11.9 Å². The van der Waals surface area contributed by atoms with Crippen LogP contribution in [0.1, 0.15) is 34.8 Å². The Kier molecular flexibility index (Phi) is 4.69. The first-order valence-electron chi connectivity index (χ1n) is 7.01. The predicted molar refractivity (Wildman–Crippen MR) is 76.3 cm³/mol. The standard InChI is InChI=1S/C14H18N4O4/c1-9(2)7-17-3-4-18(8-12(17)19)13(20)10-5-16-11(6-15-10)14(21)22/h5-6,9H,3-4,7-8H2,1-2H3,(H,21,22). The molecular formula is C14H18N4O4. The summed E-state index contributed by atoms with van der Waals surface area (Å²) in [6.07, 6.45) is 2.16. The number of amides is 2. The van der Waals surface area contributed by atoms with E-state index in [1.807, 2.05) is 13.8 Å². The molecule has 0 atom stereocenters. The molecule has 8 heteroatoms. The first kappa shape index (κ1) is 15.9. The van der Waals surface area contributed by atoms with Gasteiger partial charge in [-0.15, -0.1) is 0 Å². The van der Waals surface area contributed by atoms with Crippen molar-refractivity contribution in [3.63, 3.8) is 0 Å². The van der Waals surface area contributed by atoms with E-state index in [1.54, 1.807) is 4.90 Å². The van der Waals surface area contributed by atoms with Crippen molar-refractivity contribution in [1.29, 1.82) is 0 Å². The molecule has 118 valence electrons. The van der Waals surface area contributed by atoms with Crippen LogP contribution in [0.4, 0.5) is 0 Å². The van der Waals surface area contributed by atoms with Gasteiger partial charge in [-0.25, -0.2) is 14.8 Å². The molecule has 0 saturated carbocycles. The maximum Gasteiger partial charge on any atom is 0.356 e. The van der Waals surface area contributed by atoms with Gasteiger partial charge in [0.15, 0.2) is 5.69 Å². The van der Waals surface area contributed by atoms with Crippen LogP contribution in [0.15, 0.2) is 12.4 Å². The molecule has 1 aromatic heterocycles. The SMILES string of the molecule is CC(C)CN1CCN(C(=O)c2cnc(C(=O)O)cn2)CC1=O. The van der Waals surface area contributed by atoms with E-state index in [2.05, 4.69) is 9.97 Å². The number of hydrogen-bond acceptors (Lipinski definition) is 5. The van der Waals surface area contributed by atoms with Crippen LogP contribution in [0.5, 0.6) is 0 Å². The van der Waals surface area contributed by atoms with Gasteiger partial charge < -0.3 is 14.9 Å². The average Bonchev–Trinajstić information content (AvgIpc) is 2.48. The number of nitrogens with zero attached hydrogens (tertiary/aromatic N) is 4. The molecular weight excluding hydrogens is 288 g/mol. The van der Waals surface area contributed by atoms with Gasteiger partial charge in [-0.1, -0.05) is 13.8 Å². The minimum absolute atomic E-state index is 0.00785. The van der Waals surface area contributed by atoms with Crippen molar-refractivity contribution in [2.75, 3.05) is 26.2 Å². The summed E-state index contributed by atoms with van der Waals surface area (Å²) < 4.78 is 0. The summed E-state index contributed by atoms with van der Waals surface area (Å²) in [5, 5.41) is 8.75. The number of piperazine rings is 1. The highest BCUT2D eigenvalue weighted by Crippen LogP contribution is 2.10. The maximum absolute atomic E-state index is 12.3. The summed E-state index contributed by atoms with van der Waals surface area (Å²) in [6, 6.07) is 0. The zero-order chi connectivity index (χ0) is 16.3. The molecule has 0 spiro atoms. The van der Waals surface area contributed by atoms with Gasteiger partial charge in [0.2, 0.25) is 5.91 Å². The molecule has 1 fully saturated rings. The second-order valence-corrected chi connectivity index (χ2v) is 5.55. The molecule has 1 N–H and O–H groups in total. The van der Waals surface area contributed by atoms with Crippen molar-refractivity contribution in [3.05, 3.63) is 23.8 Å². The van der Waals surface area contributed by atoms with E-state index in [9.17, 15) is 14.4 Å². The Hall–Kier alpha value is -2.51. The summed E-state index contributed by atoms with van der Waals surface area (Å²) in [5.41, 5.74) is -0.190. The van der Waals surface area contributed by atoms with Crippen molar-refractivity contribution >= 4 is 17.8 Å². The molecule has 2 heterocycles. The van der Waals surface area contributed by atoms with Gasteiger partial charge in [0, 0.05) is 19.6 Å². The van der Waals surface area contributed by atoms with Gasteiger partial charge in [0.05, 0.1) is 12.4 Å². The largest absolute Gasteiger partial charge is 0.476 e. The molecule has 22 heavy (non-hydrogen) atoms. The van der Waals surface area contributed by atoms with E-state index in [0.717, 1.165) is 12.4 Å². The fourth-order valence-electron chi connectivity index (χ4n) is 2.23. The molecule has 0 bridgehead atoms. The second kappa shape index (κ2) is 6.50. The Bertz CT molecular complexity index is 585. The predicted octanol–water partition coefficient (Wildman–Crippen LogP) is 0.115. The van der Waals surface area contributed by atoms with Gasteiger partial charge in [-0.2, -0.15) is 0 Å². The first-order chi connectivity index (χ1) is 10.4. The van der Waals surface area contributed by atoms with E-state index in [0.29, 0.717) is 25.6 Å². The molecule has 1 aliphatic rings. The monoisotopic (exact) mass is 306 g/mol. The van der Waals surface area contributed by atoms with Crippen LogP contribution in [0.3, 0.4) is 0 Å². The van der Waals surface area contributed by atoms with Crippen LogP contribution in [-0.4, -0.2) is 68.8 Å². The smallest absolute Gasteiger partial charge is 0.356 e. The summed E-state index contributed by atoms with van der Waals surface area (Å²) in [6.45, 7) is 5.67. The number of rotatable bonds is 4. The third-order valence-corrected chi connectivity index (χ3v) is 3.28. The van der Waals surface area contributed by atoms with Crippen LogP contribution in [0.2, 0.25) is 0 Å². The normalized spacial score (nSPS) is 15.3. The van der Waals surface area contributed by atoms with Crippen LogP contribution in [0, 0.1) is 5.92 Å². The Morgan fingerprint density at radius 3 is 2.36 bits per heavy atom. The van der Waals surface area contributed by atoms with Crippen molar-refractivity contribution in [2.24, 2.45) is 5.92 Å². The molecule has 0 unspecified atom stereocenters. The fourth-order valence-corrected chi connectivity index (χ4v) is 2.23. The number of carboxylic acids is 1. The highest BCUT2D eigenvalue weighted by atomic mass is 16.4. The molecule has 0 aliphatic carbocycles. The zero-order valence-corrected chi connectivity index (χ0v) is 12.5. The summed E-state index contributed by atoms with van der Waals surface area (Å²) in [7, 11) is 0. The lowest BCUT2D eigenvalue weighted by Crippen LogP contribution is -2.53. The molecule has 1 saturated heterocycles. The summed E-state index contributed by atoms with van der Waals surface area (Å²) >= 11 is 0. The van der Waals surface area contributed by atoms with Gasteiger partial charge in [-0.3, -0.25) is 9.59 Å². The summed E-state index contributed by atoms with van der Waals surface area (Å²) in [5.74, 6) is -1.34. The van der Waals surface area contributed by atoms with Gasteiger partial charge in [0.1, 0.15) is 12.2 Å². The third-order valence-electron chi connectivity index (χ3n) is 3.28. The van der Waals surface area contributed by atoms with Crippen molar-refractivity contribution in [3.8, 4) is 0 Å². The van der Waals surface area contributed by atoms with Crippen molar-refractivity contribution < 1.29 is 19.5 Å². The van der Waals surface area contributed by atoms with E-state index in [4.69, 9.17) is 5.11 Å². The molecule has 2 rings (SSSR count). The molecule has 0 radical (unpaired) electrons. The topological polar surface area (TPSA) is 104 Å². The van der Waals surface area contributed by atoms with Crippen LogP contribution >= 0.6 is 0 Å². The molecule has 2 amide bonds. The van der Waals surface area contributed by atoms with Gasteiger partial charge >= 0.3 is 5.97 Å². The minimum atomic E-state index is -1.20. The van der Waals surface area contributed by atoms with E-state index >= 15 is 0 Å². The number of carbonyl (C=O) groups is 3. The summed E-state index contributed by atoms with van der Waals surface area (Å²) in [4.78, 5) is 45.6. The number of carbonyl (C=O) groups excluding carboxylic acids is 2. The molecule has 1 aromatic rings.